The van der Waals surface area contributed by atoms with Crippen molar-refractivity contribution in [2.75, 3.05) is 7.05 Å². The molecule has 36 heavy (non-hydrogen) atoms. The third kappa shape index (κ3) is 4.77. The molecule has 0 saturated heterocycles. The third-order valence-electron chi connectivity index (χ3n) is 6.16. The van der Waals surface area contributed by atoms with Crippen LogP contribution in [0.2, 0.25) is 0 Å². The van der Waals surface area contributed by atoms with Crippen LogP contribution >= 0.6 is 0 Å². The van der Waals surface area contributed by atoms with Crippen LogP contribution in [-0.4, -0.2) is 42.1 Å². The fraction of sp³-hybridized carbons (Fsp3) is 0.231. The molecule has 0 unspecified atom stereocenters. The minimum atomic E-state index is -4.01. The third-order valence-corrected chi connectivity index (χ3v) is 7.63. The summed E-state index contributed by atoms with van der Waals surface area (Å²) in [7, 11) is -0.543. The molecule has 9 nitrogen and oxygen atoms in total. The Morgan fingerprint density at radius 1 is 1.03 bits per heavy atom. The number of amides is 1. The maximum absolute atomic E-state index is 13.6. The highest BCUT2D eigenvalue weighted by molar-refractivity contribution is 7.89. The number of nitrogens with zero attached hydrogens (tertiary/aromatic N) is 3. The van der Waals surface area contributed by atoms with Gasteiger partial charge in [-0.1, -0.05) is 6.07 Å². The molecule has 0 spiro atoms. The summed E-state index contributed by atoms with van der Waals surface area (Å²) >= 11 is 0. The summed E-state index contributed by atoms with van der Waals surface area (Å²) < 4.78 is 41.8. The lowest BCUT2D eigenvalue weighted by Crippen LogP contribution is -2.48. The number of hydrogen-bond acceptors (Lipinski definition) is 6. The van der Waals surface area contributed by atoms with Crippen LogP contribution in [-0.2, 0) is 34.8 Å². The quantitative estimate of drug-likeness (QED) is 0.343. The molecule has 5 rings (SSSR count). The predicted molar refractivity (Wildman–Crippen MR) is 135 cm³/mol. The second kappa shape index (κ2) is 9.29. The Morgan fingerprint density at radius 3 is 2.36 bits per heavy atom. The zero-order chi connectivity index (χ0) is 25.4. The molecule has 0 aliphatic rings. The number of benzene rings is 2. The van der Waals surface area contributed by atoms with Gasteiger partial charge in [-0.05, 0) is 67.4 Å². The molecule has 0 fully saturated rings. The minimum Gasteiger partial charge on any atom is -0.464 e. The maximum Gasteiger partial charge on any atom is 0.241 e. The standard InChI is InChI=1S/C26H26N4O5S/c1-17-12-21(30(3)27-17)16-29(2)26(31)23(14-18-4-6-24-19(13-18)8-10-34-24)28-36(32,33)22-5-7-25-20(15-22)9-11-35-25/h4-13,15,23,28H,14,16H2,1-3H3/t23-/m1/s1. The van der Waals surface area contributed by atoms with Gasteiger partial charge in [0.2, 0.25) is 15.9 Å². The van der Waals surface area contributed by atoms with Gasteiger partial charge in [0.05, 0.1) is 35.4 Å². The number of rotatable bonds is 8. The average molecular weight is 507 g/mol. The predicted octanol–water partition coefficient (Wildman–Crippen LogP) is 3.77. The number of aryl methyl sites for hydroxylation is 2. The zero-order valence-electron chi connectivity index (χ0n) is 20.1. The van der Waals surface area contributed by atoms with Crippen molar-refractivity contribution in [1.29, 1.82) is 0 Å². The van der Waals surface area contributed by atoms with Gasteiger partial charge in [0.15, 0.2) is 0 Å². The Morgan fingerprint density at radius 2 is 1.69 bits per heavy atom. The van der Waals surface area contributed by atoms with E-state index in [1.54, 1.807) is 30.1 Å². The van der Waals surface area contributed by atoms with Gasteiger partial charge in [-0.3, -0.25) is 9.48 Å². The van der Waals surface area contributed by atoms with E-state index in [2.05, 4.69) is 9.82 Å². The van der Waals surface area contributed by atoms with Gasteiger partial charge in [-0.25, -0.2) is 8.42 Å². The number of aromatic nitrogens is 2. The maximum atomic E-state index is 13.6. The Labute approximate surface area is 208 Å². The first kappa shape index (κ1) is 23.8. The Balaban J connectivity index is 1.45. The summed E-state index contributed by atoms with van der Waals surface area (Å²) in [6.07, 6.45) is 3.26. The van der Waals surface area contributed by atoms with Crippen LogP contribution in [0.1, 0.15) is 17.0 Å². The number of fused-ring (bicyclic) bond motifs is 2. The summed E-state index contributed by atoms with van der Waals surface area (Å²) in [5.74, 6) is -0.353. The highest BCUT2D eigenvalue weighted by Crippen LogP contribution is 2.22. The zero-order valence-corrected chi connectivity index (χ0v) is 21.0. The summed E-state index contributed by atoms with van der Waals surface area (Å²) in [6.45, 7) is 2.17. The molecule has 1 N–H and O–H groups in total. The molecule has 10 heteroatoms. The molecule has 0 saturated carbocycles. The van der Waals surface area contributed by atoms with Gasteiger partial charge in [-0.15, -0.1) is 0 Å². The van der Waals surface area contributed by atoms with Crippen LogP contribution < -0.4 is 4.72 Å². The van der Waals surface area contributed by atoms with Crippen molar-refractivity contribution in [2.24, 2.45) is 7.05 Å². The smallest absolute Gasteiger partial charge is 0.241 e. The summed E-state index contributed by atoms with van der Waals surface area (Å²) in [5, 5.41) is 5.87. The van der Waals surface area contributed by atoms with Gasteiger partial charge >= 0.3 is 0 Å². The van der Waals surface area contributed by atoms with Crippen LogP contribution in [0.5, 0.6) is 0 Å². The summed E-state index contributed by atoms with van der Waals surface area (Å²) in [6, 6.07) is 14.5. The van der Waals surface area contributed by atoms with Crippen molar-refractivity contribution >= 4 is 37.9 Å². The number of likely N-dealkylation sites (N-methyl/N-ethyl adjacent to an activating group) is 1. The topological polar surface area (TPSA) is 111 Å². The lowest BCUT2D eigenvalue weighted by atomic mass is 10.0. The van der Waals surface area contributed by atoms with E-state index in [0.29, 0.717) is 11.0 Å². The number of nitrogens with one attached hydrogen (secondary N) is 1. The number of carbonyl (C=O) groups excluding carboxylic acids is 1. The first-order chi connectivity index (χ1) is 17.2. The van der Waals surface area contributed by atoms with E-state index >= 15 is 0 Å². The van der Waals surface area contributed by atoms with Crippen molar-refractivity contribution in [2.45, 2.75) is 30.8 Å². The van der Waals surface area contributed by atoms with Crippen molar-refractivity contribution in [3.05, 3.63) is 84.1 Å². The fourth-order valence-electron chi connectivity index (χ4n) is 4.32. The van der Waals surface area contributed by atoms with E-state index < -0.39 is 16.1 Å². The van der Waals surface area contributed by atoms with E-state index in [0.717, 1.165) is 27.9 Å². The van der Waals surface area contributed by atoms with E-state index in [1.807, 2.05) is 44.3 Å². The highest BCUT2D eigenvalue weighted by atomic mass is 32.2. The second-order valence-electron chi connectivity index (χ2n) is 8.89. The minimum absolute atomic E-state index is 0.0596. The summed E-state index contributed by atoms with van der Waals surface area (Å²) in [4.78, 5) is 15.2. The molecule has 1 atom stereocenters. The van der Waals surface area contributed by atoms with Crippen LogP contribution in [0.25, 0.3) is 21.9 Å². The van der Waals surface area contributed by atoms with Crippen LogP contribution in [0.3, 0.4) is 0 Å². The molecule has 186 valence electrons. The molecular formula is C26H26N4O5S. The number of sulfonamides is 1. The molecule has 2 aromatic carbocycles. The number of carbonyl (C=O) groups is 1. The van der Waals surface area contributed by atoms with E-state index in [1.165, 1.54) is 23.3 Å². The van der Waals surface area contributed by atoms with E-state index in [9.17, 15) is 13.2 Å². The molecule has 0 radical (unpaired) electrons. The fourth-order valence-corrected chi connectivity index (χ4v) is 5.55. The molecule has 0 aliphatic heterocycles. The lowest BCUT2D eigenvalue weighted by Gasteiger charge is -2.25. The van der Waals surface area contributed by atoms with E-state index in [-0.39, 0.29) is 23.8 Å². The van der Waals surface area contributed by atoms with Crippen molar-refractivity contribution in [3.63, 3.8) is 0 Å². The van der Waals surface area contributed by atoms with Crippen molar-refractivity contribution in [3.8, 4) is 0 Å². The molecule has 3 aromatic heterocycles. The molecule has 0 aliphatic carbocycles. The van der Waals surface area contributed by atoms with Gasteiger partial charge in [0.25, 0.3) is 0 Å². The van der Waals surface area contributed by atoms with Crippen molar-refractivity contribution < 1.29 is 22.0 Å². The van der Waals surface area contributed by atoms with Crippen LogP contribution in [0.15, 0.2) is 80.9 Å². The average Bonchev–Trinajstić information content (AvgIpc) is 3.57. The van der Waals surface area contributed by atoms with Gasteiger partial charge in [0, 0.05) is 24.9 Å². The Hall–Kier alpha value is -3.89. The van der Waals surface area contributed by atoms with Gasteiger partial charge < -0.3 is 13.7 Å². The SMILES string of the molecule is Cc1cc(CN(C)C(=O)[C@@H](Cc2ccc3occc3c2)NS(=O)(=O)c2ccc3occc3c2)n(C)n1. The Kier molecular flexibility index (Phi) is 6.15. The molecular weight excluding hydrogens is 480 g/mol. The molecule has 0 bridgehead atoms. The highest BCUT2D eigenvalue weighted by Gasteiger charge is 2.29. The summed E-state index contributed by atoms with van der Waals surface area (Å²) in [5.41, 5.74) is 3.80. The number of hydrogen-bond donors (Lipinski definition) is 1. The molecule has 5 aromatic rings. The lowest BCUT2D eigenvalue weighted by molar-refractivity contribution is -0.132. The molecule has 1 amide bonds. The van der Waals surface area contributed by atoms with E-state index in [4.69, 9.17) is 8.83 Å². The first-order valence-electron chi connectivity index (χ1n) is 11.4. The molecule has 3 heterocycles. The monoisotopic (exact) mass is 506 g/mol. The second-order valence-corrected chi connectivity index (χ2v) is 10.6. The van der Waals surface area contributed by atoms with Crippen LogP contribution in [0.4, 0.5) is 0 Å². The van der Waals surface area contributed by atoms with Crippen molar-refractivity contribution in [1.82, 2.24) is 19.4 Å². The first-order valence-corrected chi connectivity index (χ1v) is 12.9. The largest absolute Gasteiger partial charge is 0.464 e. The van der Waals surface area contributed by atoms with Gasteiger partial charge in [0.1, 0.15) is 17.2 Å². The Bertz CT molecular complexity index is 1660. The normalized spacial score (nSPS) is 12.9. The van der Waals surface area contributed by atoms with Crippen LogP contribution in [0, 0.1) is 6.92 Å². The number of furan rings is 2. The van der Waals surface area contributed by atoms with Gasteiger partial charge in [-0.2, -0.15) is 9.82 Å².